The molecule has 3 N–H and O–H groups in total. The molecule has 3 aliphatic heterocycles. The Morgan fingerprint density at radius 2 is 1.96 bits per heavy atom. The molecule has 8 nitrogen and oxygen atoms in total. The third kappa shape index (κ3) is 2.33. The molecule has 3 heterocycles. The molecular weight excluding hydrogens is 362 g/mol. The molecule has 2 fully saturated rings. The number of rotatable bonds is 5. The first-order chi connectivity index (χ1) is 13.3. The van der Waals surface area contributed by atoms with Gasteiger partial charge in [-0.05, 0) is 25.8 Å². The normalized spacial score (nSPS) is 31.9. The van der Waals surface area contributed by atoms with Crippen LogP contribution in [0.3, 0.4) is 0 Å². The molecule has 2 saturated heterocycles. The molecule has 0 unspecified atom stereocenters. The van der Waals surface area contributed by atoms with Gasteiger partial charge in [-0.25, -0.2) is 0 Å². The molecule has 4 rings (SSSR count). The van der Waals surface area contributed by atoms with E-state index < -0.39 is 29.4 Å². The minimum Gasteiger partial charge on any atom is -0.481 e. The molecule has 8 heteroatoms. The zero-order chi connectivity index (χ0) is 20.2. The molecule has 3 amide bonds. The Balaban J connectivity index is 1.83. The van der Waals surface area contributed by atoms with Gasteiger partial charge in [0.05, 0.1) is 11.8 Å². The number of imide groups is 1. The van der Waals surface area contributed by atoms with E-state index in [0.717, 1.165) is 0 Å². The topological polar surface area (TPSA) is 116 Å². The third-order valence-corrected chi connectivity index (χ3v) is 6.36. The summed E-state index contributed by atoms with van der Waals surface area (Å²) in [7, 11) is 0. The van der Waals surface area contributed by atoms with Gasteiger partial charge in [0.2, 0.25) is 17.7 Å². The summed E-state index contributed by atoms with van der Waals surface area (Å²) >= 11 is 0. The highest BCUT2D eigenvalue weighted by molar-refractivity contribution is 6.15. The monoisotopic (exact) mass is 385 g/mol. The Bertz CT molecular complexity index is 884. The van der Waals surface area contributed by atoms with Crippen molar-refractivity contribution in [2.45, 2.75) is 50.7 Å². The van der Waals surface area contributed by atoms with E-state index in [9.17, 15) is 19.2 Å². The van der Waals surface area contributed by atoms with Crippen molar-refractivity contribution in [3.63, 3.8) is 0 Å². The fraction of sp³-hybridized carbons (Fsp3) is 0.500. The fourth-order valence-corrected chi connectivity index (χ4v) is 4.93. The van der Waals surface area contributed by atoms with E-state index in [1.165, 1.54) is 4.90 Å². The van der Waals surface area contributed by atoms with Crippen molar-refractivity contribution in [1.29, 1.82) is 0 Å². The van der Waals surface area contributed by atoms with Crippen LogP contribution >= 0.6 is 0 Å². The van der Waals surface area contributed by atoms with Crippen molar-refractivity contribution in [3.8, 4) is 0 Å². The zero-order valence-corrected chi connectivity index (χ0v) is 15.8. The average Bonchev–Trinajstić information content (AvgIpc) is 3.24. The minimum absolute atomic E-state index is 0.148. The van der Waals surface area contributed by atoms with E-state index in [1.807, 2.05) is 13.8 Å². The van der Waals surface area contributed by atoms with E-state index in [-0.39, 0.29) is 36.6 Å². The standard InChI is InChI=1S/C20H23N3O5/c1-3-10(2)23-17(26)15-13(8-9-14(24)25)22-20(16(15)18(23)27)11-6-4-5-7-12(11)21-19(20)28/h4-7,10,13,15-16,22H,3,8-9H2,1-2H3,(H,21,28)(H,24,25)/t10-,13+,15+,16-,20-/m0/s1. The number of carboxylic acid groups (broad SMARTS) is 1. The van der Waals surface area contributed by atoms with Crippen molar-refractivity contribution in [3.05, 3.63) is 29.8 Å². The molecule has 3 aliphatic rings. The van der Waals surface area contributed by atoms with Gasteiger partial charge in [0.1, 0.15) is 5.54 Å². The average molecular weight is 385 g/mol. The van der Waals surface area contributed by atoms with Crippen LogP contribution in [0.15, 0.2) is 24.3 Å². The Hall–Kier alpha value is -2.74. The maximum Gasteiger partial charge on any atom is 0.303 e. The highest BCUT2D eigenvalue weighted by Crippen LogP contribution is 2.53. The molecule has 0 aromatic heterocycles. The number of carbonyl (C=O) groups is 4. The van der Waals surface area contributed by atoms with Crippen LogP contribution in [-0.2, 0) is 24.7 Å². The van der Waals surface area contributed by atoms with Gasteiger partial charge in [-0.1, -0.05) is 25.1 Å². The summed E-state index contributed by atoms with van der Waals surface area (Å²) in [6.45, 7) is 3.71. The van der Waals surface area contributed by atoms with Gasteiger partial charge in [-0.2, -0.15) is 0 Å². The van der Waals surface area contributed by atoms with Gasteiger partial charge in [0, 0.05) is 29.8 Å². The number of hydrogen-bond acceptors (Lipinski definition) is 5. The maximum absolute atomic E-state index is 13.4. The summed E-state index contributed by atoms with van der Waals surface area (Å²) in [6, 6.07) is 6.28. The number of carbonyl (C=O) groups excluding carboxylic acids is 3. The van der Waals surface area contributed by atoms with Crippen molar-refractivity contribution < 1.29 is 24.3 Å². The number of amides is 3. The molecule has 1 aromatic carbocycles. The van der Waals surface area contributed by atoms with Gasteiger partial charge >= 0.3 is 5.97 Å². The number of anilines is 1. The Morgan fingerprint density at radius 3 is 2.64 bits per heavy atom. The van der Waals surface area contributed by atoms with Crippen LogP contribution in [0.4, 0.5) is 5.69 Å². The SMILES string of the molecule is CC[C@H](C)N1C(=O)[C@H]2[C@@H](C1=O)[C@]1(N[C@@H]2CCC(=O)O)C(=O)Nc2ccccc21. The quantitative estimate of drug-likeness (QED) is 0.653. The van der Waals surface area contributed by atoms with Crippen LogP contribution in [0.5, 0.6) is 0 Å². The van der Waals surface area contributed by atoms with Crippen LogP contribution in [-0.4, -0.2) is 45.8 Å². The van der Waals surface area contributed by atoms with Crippen LogP contribution in [0.25, 0.3) is 0 Å². The number of benzene rings is 1. The second kappa shape index (κ2) is 6.41. The van der Waals surface area contributed by atoms with Gasteiger partial charge in [-0.3, -0.25) is 29.4 Å². The first-order valence-electron chi connectivity index (χ1n) is 9.60. The lowest BCUT2D eigenvalue weighted by Gasteiger charge is -2.31. The van der Waals surface area contributed by atoms with Gasteiger partial charge in [-0.15, -0.1) is 0 Å². The van der Waals surface area contributed by atoms with Crippen LogP contribution < -0.4 is 10.6 Å². The summed E-state index contributed by atoms with van der Waals surface area (Å²) in [5.41, 5.74) is -0.0980. The lowest BCUT2D eigenvalue weighted by atomic mass is 9.76. The first-order valence-corrected chi connectivity index (χ1v) is 9.60. The van der Waals surface area contributed by atoms with E-state index in [1.54, 1.807) is 24.3 Å². The van der Waals surface area contributed by atoms with E-state index in [0.29, 0.717) is 17.7 Å². The Kier molecular flexibility index (Phi) is 4.26. The number of carboxylic acids is 1. The molecule has 1 aromatic rings. The number of nitrogens with one attached hydrogen (secondary N) is 2. The number of likely N-dealkylation sites (tertiary alicyclic amines) is 1. The second-order valence-corrected chi connectivity index (χ2v) is 7.80. The molecule has 5 atom stereocenters. The molecule has 0 saturated carbocycles. The fourth-order valence-electron chi connectivity index (χ4n) is 4.93. The maximum atomic E-state index is 13.4. The predicted molar refractivity (Wildman–Crippen MR) is 99.1 cm³/mol. The lowest BCUT2D eigenvalue weighted by Crippen LogP contribution is -2.54. The van der Waals surface area contributed by atoms with Crippen LogP contribution in [0, 0.1) is 11.8 Å². The predicted octanol–water partition coefficient (Wildman–Crippen LogP) is 1.07. The summed E-state index contributed by atoms with van der Waals surface area (Å²) in [5, 5.41) is 15.2. The van der Waals surface area contributed by atoms with Crippen molar-refractivity contribution in [2.24, 2.45) is 11.8 Å². The lowest BCUT2D eigenvalue weighted by molar-refractivity contribution is -0.145. The number of nitrogens with zero attached hydrogens (tertiary/aromatic N) is 1. The highest BCUT2D eigenvalue weighted by atomic mass is 16.4. The Morgan fingerprint density at radius 1 is 1.25 bits per heavy atom. The smallest absolute Gasteiger partial charge is 0.303 e. The van der Waals surface area contributed by atoms with E-state index >= 15 is 0 Å². The first kappa shape index (κ1) is 18.6. The second-order valence-electron chi connectivity index (χ2n) is 7.80. The summed E-state index contributed by atoms with van der Waals surface area (Å²) < 4.78 is 0. The number of para-hydroxylation sites is 1. The van der Waals surface area contributed by atoms with Gasteiger partial charge in [0.25, 0.3) is 0 Å². The van der Waals surface area contributed by atoms with Crippen molar-refractivity contribution in [1.82, 2.24) is 10.2 Å². The van der Waals surface area contributed by atoms with Crippen LogP contribution in [0.1, 0.15) is 38.7 Å². The summed E-state index contributed by atoms with van der Waals surface area (Å²) in [6.07, 6.45) is 0.631. The van der Waals surface area contributed by atoms with E-state index in [4.69, 9.17) is 5.11 Å². The van der Waals surface area contributed by atoms with Gasteiger partial charge < -0.3 is 10.4 Å². The van der Waals surface area contributed by atoms with Gasteiger partial charge in [0.15, 0.2) is 0 Å². The molecule has 0 aliphatic carbocycles. The number of hydrogen-bond donors (Lipinski definition) is 3. The molecule has 148 valence electrons. The highest BCUT2D eigenvalue weighted by Gasteiger charge is 2.70. The molecule has 1 spiro atoms. The van der Waals surface area contributed by atoms with Crippen molar-refractivity contribution >= 4 is 29.4 Å². The number of fused-ring (bicyclic) bond motifs is 4. The molecular formula is C20H23N3O5. The molecule has 0 bridgehead atoms. The minimum atomic E-state index is -1.35. The van der Waals surface area contributed by atoms with E-state index in [2.05, 4.69) is 10.6 Å². The molecule has 28 heavy (non-hydrogen) atoms. The Labute approximate surface area is 162 Å². The number of aliphatic carboxylic acids is 1. The van der Waals surface area contributed by atoms with Crippen molar-refractivity contribution in [2.75, 3.05) is 5.32 Å². The summed E-state index contributed by atoms with van der Waals surface area (Å²) in [4.78, 5) is 52.1. The summed E-state index contributed by atoms with van der Waals surface area (Å²) in [5.74, 6) is -3.66. The zero-order valence-electron chi connectivity index (χ0n) is 15.8. The van der Waals surface area contributed by atoms with Crippen LogP contribution in [0.2, 0.25) is 0 Å². The molecule has 0 radical (unpaired) electrons. The largest absolute Gasteiger partial charge is 0.481 e. The third-order valence-electron chi connectivity index (χ3n) is 6.36.